The van der Waals surface area contributed by atoms with Gasteiger partial charge < -0.3 is 0 Å². The van der Waals surface area contributed by atoms with Crippen LogP contribution >= 0.6 is 0 Å². The highest BCUT2D eigenvalue weighted by Crippen LogP contribution is 2.41. The van der Waals surface area contributed by atoms with Crippen molar-refractivity contribution in [1.82, 2.24) is 0 Å². The van der Waals surface area contributed by atoms with Crippen LogP contribution in [0.2, 0.25) is 0 Å². The Morgan fingerprint density at radius 3 is 2.15 bits per heavy atom. The molecule has 0 aliphatic heterocycles. The van der Waals surface area contributed by atoms with E-state index in [-0.39, 0.29) is 18.8 Å². The van der Waals surface area contributed by atoms with E-state index in [4.69, 9.17) is 10.7 Å². The molecule has 0 heterocycles. The monoisotopic (exact) mass is 193 g/mol. The van der Waals surface area contributed by atoms with Crippen LogP contribution in [0.3, 0.4) is 0 Å². The van der Waals surface area contributed by atoms with Gasteiger partial charge in [-0.15, -0.1) is 0 Å². The van der Waals surface area contributed by atoms with Crippen molar-refractivity contribution in [1.29, 1.82) is 0 Å². The Bertz CT molecular complexity index is 172. The van der Waals surface area contributed by atoms with E-state index >= 15 is 0 Å². The van der Waals surface area contributed by atoms with Gasteiger partial charge in [-0.3, -0.25) is 4.84 Å². The summed E-state index contributed by atoms with van der Waals surface area (Å²) in [6.07, 6.45) is 0.920. The zero-order valence-electron chi connectivity index (χ0n) is 8.15. The van der Waals surface area contributed by atoms with Crippen molar-refractivity contribution in [3.63, 3.8) is 0 Å². The molecule has 0 amide bonds. The molecule has 0 aromatic heterocycles. The molecule has 2 nitrogen and oxygen atoms in total. The maximum absolute atomic E-state index is 12.8. The van der Waals surface area contributed by atoms with Gasteiger partial charge in [0.1, 0.15) is 0 Å². The van der Waals surface area contributed by atoms with Gasteiger partial charge >= 0.3 is 0 Å². The summed E-state index contributed by atoms with van der Waals surface area (Å²) in [5.74, 6) is 2.80. The van der Waals surface area contributed by atoms with E-state index in [1.54, 1.807) is 0 Å². The zero-order valence-corrected chi connectivity index (χ0v) is 8.15. The van der Waals surface area contributed by atoms with Gasteiger partial charge in [0.25, 0.3) is 0 Å². The standard InChI is InChI=1S/C9H17F2NO/c1-8(2,13-12)7-3-5-9(10,11)6-4-7/h7H,3-6,12H2,1-2H3. The quantitative estimate of drug-likeness (QED) is 0.684. The minimum Gasteiger partial charge on any atom is -0.298 e. The lowest BCUT2D eigenvalue weighted by molar-refractivity contribution is -0.110. The smallest absolute Gasteiger partial charge is 0.248 e. The highest BCUT2D eigenvalue weighted by Gasteiger charge is 2.40. The largest absolute Gasteiger partial charge is 0.298 e. The number of rotatable bonds is 2. The summed E-state index contributed by atoms with van der Waals surface area (Å²) in [6, 6.07) is 0. The minimum absolute atomic E-state index is 0.0372. The highest BCUT2D eigenvalue weighted by molar-refractivity contribution is 4.86. The summed E-state index contributed by atoms with van der Waals surface area (Å²) < 4.78 is 25.6. The van der Waals surface area contributed by atoms with E-state index < -0.39 is 11.5 Å². The van der Waals surface area contributed by atoms with Crippen LogP contribution in [-0.2, 0) is 4.84 Å². The average Bonchev–Trinajstić information content (AvgIpc) is 2.04. The van der Waals surface area contributed by atoms with Crippen LogP contribution in [0.4, 0.5) is 8.78 Å². The average molecular weight is 193 g/mol. The topological polar surface area (TPSA) is 35.2 Å². The first-order chi connectivity index (χ1) is 5.87. The van der Waals surface area contributed by atoms with Gasteiger partial charge in [0.2, 0.25) is 5.92 Å². The summed E-state index contributed by atoms with van der Waals surface area (Å²) in [5, 5.41) is 0. The Morgan fingerprint density at radius 1 is 1.31 bits per heavy atom. The van der Waals surface area contributed by atoms with Crippen LogP contribution in [0.5, 0.6) is 0 Å². The number of halogens is 2. The lowest BCUT2D eigenvalue weighted by atomic mass is 9.77. The first-order valence-corrected chi connectivity index (χ1v) is 4.63. The predicted molar refractivity (Wildman–Crippen MR) is 46.3 cm³/mol. The summed E-state index contributed by atoms with van der Waals surface area (Å²) in [6.45, 7) is 3.70. The molecule has 1 aliphatic carbocycles. The van der Waals surface area contributed by atoms with Crippen LogP contribution in [0, 0.1) is 5.92 Å². The molecule has 0 unspecified atom stereocenters. The minimum atomic E-state index is -2.47. The maximum Gasteiger partial charge on any atom is 0.248 e. The zero-order chi connectivity index (χ0) is 10.1. The highest BCUT2D eigenvalue weighted by atomic mass is 19.3. The molecule has 4 heteroatoms. The van der Waals surface area contributed by atoms with E-state index in [0.717, 1.165) is 0 Å². The van der Waals surface area contributed by atoms with E-state index in [0.29, 0.717) is 12.8 Å². The molecular formula is C9H17F2NO. The van der Waals surface area contributed by atoms with Gasteiger partial charge in [-0.05, 0) is 32.6 Å². The number of nitrogens with two attached hydrogens (primary N) is 1. The molecule has 0 radical (unpaired) electrons. The van der Waals surface area contributed by atoms with Gasteiger partial charge in [-0.1, -0.05) is 0 Å². The molecule has 1 rings (SSSR count). The van der Waals surface area contributed by atoms with Crippen molar-refractivity contribution in [3.05, 3.63) is 0 Å². The molecule has 0 spiro atoms. The lowest BCUT2D eigenvalue weighted by Gasteiger charge is -2.37. The van der Waals surface area contributed by atoms with Crippen LogP contribution in [0.25, 0.3) is 0 Å². The fourth-order valence-corrected chi connectivity index (χ4v) is 1.83. The van der Waals surface area contributed by atoms with Crippen molar-refractivity contribution in [2.45, 2.75) is 51.1 Å². The van der Waals surface area contributed by atoms with Gasteiger partial charge in [0.15, 0.2) is 0 Å². The van der Waals surface area contributed by atoms with E-state index in [9.17, 15) is 8.78 Å². The molecule has 0 atom stereocenters. The van der Waals surface area contributed by atoms with Crippen molar-refractivity contribution in [2.24, 2.45) is 11.8 Å². The number of hydrogen-bond acceptors (Lipinski definition) is 2. The Hall–Kier alpha value is -0.220. The summed E-state index contributed by atoms with van der Waals surface area (Å²) in [4.78, 5) is 4.80. The second-order valence-electron chi connectivity index (χ2n) is 4.35. The van der Waals surface area contributed by atoms with Crippen molar-refractivity contribution in [2.75, 3.05) is 0 Å². The SMILES string of the molecule is CC(C)(ON)C1CCC(F)(F)CC1. The van der Waals surface area contributed by atoms with E-state index in [1.165, 1.54) is 0 Å². The summed E-state index contributed by atoms with van der Waals surface area (Å²) >= 11 is 0. The Kier molecular flexibility index (Phi) is 2.92. The molecule has 2 N–H and O–H groups in total. The van der Waals surface area contributed by atoms with Crippen LogP contribution < -0.4 is 5.90 Å². The Balaban J connectivity index is 2.50. The third-order valence-corrected chi connectivity index (χ3v) is 3.00. The van der Waals surface area contributed by atoms with Gasteiger partial charge in [-0.2, -0.15) is 0 Å². The summed E-state index contributed by atoms with van der Waals surface area (Å²) in [7, 11) is 0. The fraction of sp³-hybridized carbons (Fsp3) is 1.00. The van der Waals surface area contributed by atoms with Gasteiger partial charge in [0.05, 0.1) is 5.60 Å². The predicted octanol–water partition coefficient (Wildman–Crippen LogP) is 2.48. The Labute approximate surface area is 77.4 Å². The first kappa shape index (κ1) is 10.9. The first-order valence-electron chi connectivity index (χ1n) is 4.63. The molecule has 1 fully saturated rings. The Morgan fingerprint density at radius 2 is 1.77 bits per heavy atom. The fourth-order valence-electron chi connectivity index (χ4n) is 1.83. The second kappa shape index (κ2) is 3.50. The normalized spacial score (nSPS) is 24.7. The van der Waals surface area contributed by atoms with Gasteiger partial charge in [-0.25, -0.2) is 14.7 Å². The van der Waals surface area contributed by atoms with Crippen LogP contribution in [-0.4, -0.2) is 11.5 Å². The number of alkyl halides is 2. The molecule has 13 heavy (non-hydrogen) atoms. The third-order valence-electron chi connectivity index (χ3n) is 3.00. The van der Waals surface area contributed by atoms with Crippen molar-refractivity contribution < 1.29 is 13.6 Å². The maximum atomic E-state index is 12.8. The van der Waals surface area contributed by atoms with Crippen LogP contribution in [0.1, 0.15) is 39.5 Å². The number of hydrogen-bond donors (Lipinski definition) is 1. The molecular weight excluding hydrogens is 176 g/mol. The third kappa shape index (κ3) is 2.61. The molecule has 0 aromatic rings. The molecule has 78 valence electrons. The van der Waals surface area contributed by atoms with Crippen molar-refractivity contribution in [3.8, 4) is 0 Å². The summed E-state index contributed by atoms with van der Waals surface area (Å²) in [5.41, 5.74) is -0.476. The van der Waals surface area contributed by atoms with E-state index in [2.05, 4.69) is 0 Å². The lowest BCUT2D eigenvalue weighted by Crippen LogP contribution is -2.41. The second-order valence-corrected chi connectivity index (χ2v) is 4.35. The molecule has 0 aromatic carbocycles. The molecule has 1 aliphatic rings. The van der Waals surface area contributed by atoms with Crippen molar-refractivity contribution >= 4 is 0 Å². The van der Waals surface area contributed by atoms with E-state index in [1.807, 2.05) is 13.8 Å². The van der Waals surface area contributed by atoms with Crippen LogP contribution in [0.15, 0.2) is 0 Å². The molecule has 0 bridgehead atoms. The molecule has 0 saturated heterocycles. The molecule has 1 saturated carbocycles. The van der Waals surface area contributed by atoms with Gasteiger partial charge in [0, 0.05) is 12.8 Å².